The fourth-order valence-electron chi connectivity index (χ4n) is 0.627. The highest BCUT2D eigenvalue weighted by atomic mass is 16.6. The molecule has 12 heavy (non-hydrogen) atoms. The van der Waals surface area contributed by atoms with Gasteiger partial charge in [0.05, 0.1) is 6.04 Å². The molecule has 0 radical (unpaired) electrons. The van der Waals surface area contributed by atoms with Gasteiger partial charge in [-0.25, -0.2) is 0 Å². The smallest absolute Gasteiger partial charge is 0.304 e. The van der Waals surface area contributed by atoms with Gasteiger partial charge in [0.25, 0.3) is 0 Å². The number of hydrogen-bond acceptors (Lipinski definition) is 4. The number of carbonyl (C=O) groups is 1. The van der Waals surface area contributed by atoms with Crippen LogP contribution in [-0.2, 0) is 9.53 Å². The summed E-state index contributed by atoms with van der Waals surface area (Å²) in [5.41, 5.74) is -0.837. The summed E-state index contributed by atoms with van der Waals surface area (Å²) in [6, 6.07) is 0.125. The number of carbonyl (C=O) groups excluding carboxylic acids is 1. The Morgan fingerprint density at radius 2 is 1.92 bits per heavy atom. The highest BCUT2D eigenvalue weighted by Crippen LogP contribution is 2.12. The van der Waals surface area contributed by atoms with Crippen LogP contribution in [0.2, 0.25) is 0 Å². The normalized spacial score (nSPS) is 12.5. The first-order valence-corrected chi connectivity index (χ1v) is 3.95. The van der Waals surface area contributed by atoms with Gasteiger partial charge in [0.1, 0.15) is 0 Å². The van der Waals surface area contributed by atoms with Crippen LogP contribution in [0.25, 0.3) is 0 Å². The lowest BCUT2D eigenvalue weighted by Crippen LogP contribution is -2.23. The van der Waals surface area contributed by atoms with Crippen LogP contribution in [0.4, 0.5) is 0 Å². The van der Waals surface area contributed by atoms with E-state index in [2.05, 4.69) is 10.2 Å². The maximum absolute atomic E-state index is 10.6. The van der Waals surface area contributed by atoms with Gasteiger partial charge in [-0.15, -0.1) is 5.11 Å². The molecule has 0 fully saturated rings. The summed E-state index contributed by atoms with van der Waals surface area (Å²) >= 11 is 0. The van der Waals surface area contributed by atoms with E-state index in [9.17, 15) is 4.79 Å². The second-order valence-corrected chi connectivity index (χ2v) is 3.35. The van der Waals surface area contributed by atoms with Crippen LogP contribution in [-0.4, -0.2) is 17.7 Å². The van der Waals surface area contributed by atoms with E-state index in [-0.39, 0.29) is 12.0 Å². The van der Waals surface area contributed by atoms with Crippen molar-refractivity contribution in [3.05, 3.63) is 0 Å². The van der Waals surface area contributed by atoms with Gasteiger partial charge in [-0.3, -0.25) is 4.79 Å². The molecular formula is C8H16N2O2. The van der Waals surface area contributed by atoms with E-state index in [4.69, 9.17) is 4.74 Å². The third kappa shape index (κ3) is 5.82. The molecule has 0 aromatic rings. The van der Waals surface area contributed by atoms with E-state index in [1.807, 2.05) is 13.8 Å². The van der Waals surface area contributed by atoms with Gasteiger partial charge < -0.3 is 4.74 Å². The molecule has 0 atom stereocenters. The summed E-state index contributed by atoms with van der Waals surface area (Å²) in [5, 5.41) is 7.77. The lowest BCUT2D eigenvalue weighted by molar-refractivity contribution is -0.153. The predicted octanol–water partition coefficient (Wildman–Crippen LogP) is 2.15. The minimum atomic E-state index is -0.837. The lowest BCUT2D eigenvalue weighted by Gasteiger charge is -2.17. The molecule has 0 aliphatic heterocycles. The number of hydrogen-bond donors (Lipinski definition) is 0. The zero-order chi connectivity index (χ0) is 9.78. The topological polar surface area (TPSA) is 51.0 Å². The minimum Gasteiger partial charge on any atom is -0.436 e. The second-order valence-electron chi connectivity index (χ2n) is 3.35. The molecular weight excluding hydrogens is 156 g/mol. The molecule has 70 valence electrons. The van der Waals surface area contributed by atoms with Crippen molar-refractivity contribution < 1.29 is 9.53 Å². The Bertz CT molecular complexity index is 185. The molecule has 0 aliphatic rings. The molecule has 4 nitrogen and oxygen atoms in total. The number of nitrogens with zero attached hydrogens (tertiary/aromatic N) is 2. The summed E-state index contributed by atoms with van der Waals surface area (Å²) in [7, 11) is 0. The summed E-state index contributed by atoms with van der Waals surface area (Å²) in [6.45, 7) is 8.56. The molecule has 0 rings (SSSR count). The Hall–Kier alpha value is -0.930. The van der Waals surface area contributed by atoms with Gasteiger partial charge in [0, 0.05) is 6.92 Å². The van der Waals surface area contributed by atoms with Gasteiger partial charge in [-0.1, -0.05) is 0 Å². The van der Waals surface area contributed by atoms with Crippen molar-refractivity contribution in [3.63, 3.8) is 0 Å². The van der Waals surface area contributed by atoms with Gasteiger partial charge in [-0.05, 0) is 27.7 Å². The van der Waals surface area contributed by atoms with E-state index in [0.29, 0.717) is 0 Å². The first-order chi connectivity index (χ1) is 5.33. The van der Waals surface area contributed by atoms with Crippen LogP contribution >= 0.6 is 0 Å². The maximum atomic E-state index is 10.6. The third-order valence-corrected chi connectivity index (χ3v) is 0.923. The van der Waals surface area contributed by atoms with E-state index in [1.54, 1.807) is 13.8 Å². The van der Waals surface area contributed by atoms with Crippen molar-refractivity contribution in [2.75, 3.05) is 0 Å². The van der Waals surface area contributed by atoms with E-state index in [0.717, 1.165) is 0 Å². The summed E-state index contributed by atoms with van der Waals surface area (Å²) in [6.07, 6.45) is 0. The van der Waals surface area contributed by atoms with Gasteiger partial charge >= 0.3 is 5.97 Å². The molecule has 0 N–H and O–H groups in total. The van der Waals surface area contributed by atoms with Crippen molar-refractivity contribution in [1.29, 1.82) is 0 Å². The van der Waals surface area contributed by atoms with Crippen LogP contribution in [0.1, 0.15) is 34.6 Å². The summed E-state index contributed by atoms with van der Waals surface area (Å²) in [4.78, 5) is 10.6. The molecule has 0 amide bonds. The van der Waals surface area contributed by atoms with Crippen molar-refractivity contribution >= 4 is 5.97 Å². The first kappa shape index (κ1) is 11.1. The molecule has 0 saturated carbocycles. The monoisotopic (exact) mass is 172 g/mol. The van der Waals surface area contributed by atoms with Crippen molar-refractivity contribution in [2.24, 2.45) is 10.2 Å². The van der Waals surface area contributed by atoms with Crippen LogP contribution in [0.15, 0.2) is 10.2 Å². The maximum Gasteiger partial charge on any atom is 0.304 e. The largest absolute Gasteiger partial charge is 0.436 e. The Labute approximate surface area is 73.0 Å². The van der Waals surface area contributed by atoms with Crippen LogP contribution < -0.4 is 0 Å². The fourth-order valence-corrected chi connectivity index (χ4v) is 0.627. The highest BCUT2D eigenvalue weighted by molar-refractivity contribution is 5.66. The molecule has 0 heterocycles. The zero-order valence-corrected chi connectivity index (χ0v) is 8.29. The van der Waals surface area contributed by atoms with E-state index in [1.165, 1.54) is 6.92 Å². The average Bonchev–Trinajstić information content (AvgIpc) is 1.81. The number of rotatable bonds is 3. The van der Waals surface area contributed by atoms with E-state index >= 15 is 0 Å². The number of esters is 1. The number of ether oxygens (including phenoxy) is 1. The highest BCUT2D eigenvalue weighted by Gasteiger charge is 2.19. The minimum absolute atomic E-state index is 0.125. The van der Waals surface area contributed by atoms with Gasteiger partial charge in [-0.2, -0.15) is 5.11 Å². The molecule has 0 spiro atoms. The Morgan fingerprint density at radius 1 is 1.42 bits per heavy atom. The predicted molar refractivity (Wildman–Crippen MR) is 45.8 cm³/mol. The van der Waals surface area contributed by atoms with E-state index < -0.39 is 5.72 Å². The second kappa shape index (κ2) is 4.18. The van der Waals surface area contributed by atoms with Crippen molar-refractivity contribution in [3.8, 4) is 0 Å². The molecule has 4 heteroatoms. The Morgan fingerprint density at radius 3 is 2.25 bits per heavy atom. The summed E-state index contributed by atoms with van der Waals surface area (Å²) < 4.78 is 4.89. The molecule has 0 aromatic heterocycles. The fraction of sp³-hybridized carbons (Fsp3) is 0.875. The average molecular weight is 172 g/mol. The van der Waals surface area contributed by atoms with Crippen molar-refractivity contribution in [2.45, 2.75) is 46.4 Å². The Kier molecular flexibility index (Phi) is 3.86. The zero-order valence-electron chi connectivity index (χ0n) is 8.29. The number of azo groups is 1. The summed E-state index contributed by atoms with van der Waals surface area (Å²) in [5.74, 6) is -0.345. The standard InChI is InChI=1S/C8H16N2O2/c1-6(2)9-10-8(4,5)12-7(3)11/h6H,1-5H3. The van der Waals surface area contributed by atoms with Gasteiger partial charge in [0.15, 0.2) is 0 Å². The van der Waals surface area contributed by atoms with Gasteiger partial charge in [0.2, 0.25) is 5.72 Å². The third-order valence-electron chi connectivity index (χ3n) is 0.923. The molecule has 0 aromatic carbocycles. The molecule has 0 aliphatic carbocycles. The molecule has 0 saturated heterocycles. The van der Waals surface area contributed by atoms with Crippen LogP contribution in [0, 0.1) is 0 Å². The molecule has 0 unspecified atom stereocenters. The first-order valence-electron chi connectivity index (χ1n) is 3.95. The molecule has 0 bridgehead atoms. The quantitative estimate of drug-likeness (QED) is 0.483. The lowest BCUT2D eigenvalue weighted by atomic mass is 10.3. The van der Waals surface area contributed by atoms with Crippen LogP contribution in [0.3, 0.4) is 0 Å². The SMILES string of the molecule is CC(=O)OC(C)(C)N=NC(C)C. The van der Waals surface area contributed by atoms with Crippen molar-refractivity contribution in [1.82, 2.24) is 0 Å². The van der Waals surface area contributed by atoms with Crippen LogP contribution in [0.5, 0.6) is 0 Å². The Balaban J connectivity index is 4.12.